The van der Waals surface area contributed by atoms with Crippen LogP contribution >= 0.6 is 0 Å². The molecule has 7 heteroatoms. The zero-order valence-electron chi connectivity index (χ0n) is 15.8. The van der Waals surface area contributed by atoms with Gasteiger partial charge in [-0.25, -0.2) is 13.1 Å². The predicted octanol–water partition coefficient (Wildman–Crippen LogP) is 3.10. The molecular formula is C21H21N3O3S. The third-order valence-corrected chi connectivity index (χ3v) is 6.43. The zero-order chi connectivity index (χ0) is 19.9. The van der Waals surface area contributed by atoms with Crippen molar-refractivity contribution in [2.75, 3.05) is 5.32 Å². The number of aryl methyl sites for hydroxylation is 2. The number of carbonyl (C=O) groups is 1. The third kappa shape index (κ3) is 3.57. The largest absolute Gasteiger partial charge is 0.310 e. The number of nitrogens with zero attached hydrogens (tertiary/aromatic N) is 2. The smallest absolute Gasteiger partial charge is 0.229 e. The van der Waals surface area contributed by atoms with E-state index < -0.39 is 9.84 Å². The molecule has 28 heavy (non-hydrogen) atoms. The van der Waals surface area contributed by atoms with Crippen molar-refractivity contribution in [2.45, 2.75) is 31.8 Å². The Morgan fingerprint density at radius 3 is 2.54 bits per heavy atom. The van der Waals surface area contributed by atoms with Crippen LogP contribution < -0.4 is 5.32 Å². The number of aromatic nitrogens is 2. The fourth-order valence-electron chi connectivity index (χ4n) is 3.37. The van der Waals surface area contributed by atoms with Gasteiger partial charge >= 0.3 is 0 Å². The Bertz CT molecular complexity index is 1170. The van der Waals surface area contributed by atoms with E-state index in [9.17, 15) is 13.2 Å². The molecule has 2 heterocycles. The van der Waals surface area contributed by atoms with E-state index in [-0.39, 0.29) is 23.8 Å². The van der Waals surface area contributed by atoms with Crippen LogP contribution in [0, 0.1) is 13.8 Å². The lowest BCUT2D eigenvalue weighted by Gasteiger charge is -2.12. The Hall–Kier alpha value is -2.93. The minimum Gasteiger partial charge on any atom is -0.310 e. The van der Waals surface area contributed by atoms with Crippen LogP contribution in [0.1, 0.15) is 27.9 Å². The standard InChI is InChI=1S/C21H21N3O3S/c1-14-8-9-17(10-15(14)2)24-21(18-12-28(26,27)13-19(18)23-24)22-20(25)11-16-6-4-3-5-7-16/h3-10H,11-13H2,1-2H3,(H,22,25). The molecule has 1 amide bonds. The van der Waals surface area contributed by atoms with Crippen LogP contribution in [0.3, 0.4) is 0 Å². The number of anilines is 1. The van der Waals surface area contributed by atoms with E-state index in [1.54, 1.807) is 4.68 Å². The van der Waals surface area contributed by atoms with Crippen molar-refractivity contribution in [2.24, 2.45) is 0 Å². The van der Waals surface area contributed by atoms with Crippen LogP contribution in [0.2, 0.25) is 0 Å². The summed E-state index contributed by atoms with van der Waals surface area (Å²) in [7, 11) is -3.22. The van der Waals surface area contributed by atoms with Gasteiger partial charge in [-0.15, -0.1) is 0 Å². The van der Waals surface area contributed by atoms with E-state index >= 15 is 0 Å². The maximum atomic E-state index is 12.6. The molecule has 2 aromatic carbocycles. The molecule has 0 saturated carbocycles. The number of sulfone groups is 1. The van der Waals surface area contributed by atoms with Crippen molar-refractivity contribution < 1.29 is 13.2 Å². The van der Waals surface area contributed by atoms with Crippen molar-refractivity contribution in [3.8, 4) is 5.69 Å². The van der Waals surface area contributed by atoms with E-state index in [1.165, 1.54) is 0 Å². The summed E-state index contributed by atoms with van der Waals surface area (Å²) in [6, 6.07) is 15.3. The molecule has 6 nitrogen and oxygen atoms in total. The van der Waals surface area contributed by atoms with E-state index in [0.717, 1.165) is 22.4 Å². The summed E-state index contributed by atoms with van der Waals surface area (Å²) in [5, 5.41) is 7.42. The van der Waals surface area contributed by atoms with Crippen LogP contribution in [0.15, 0.2) is 48.5 Å². The van der Waals surface area contributed by atoms with Gasteiger partial charge in [0.1, 0.15) is 5.82 Å². The Morgan fingerprint density at radius 1 is 1.07 bits per heavy atom. The van der Waals surface area contributed by atoms with Crippen LogP contribution in [-0.2, 0) is 32.6 Å². The van der Waals surface area contributed by atoms with Gasteiger partial charge in [0, 0.05) is 5.56 Å². The van der Waals surface area contributed by atoms with Crippen LogP contribution in [-0.4, -0.2) is 24.1 Å². The molecule has 144 valence electrons. The third-order valence-electron chi connectivity index (χ3n) is 4.99. The highest BCUT2D eigenvalue weighted by Crippen LogP contribution is 2.33. The molecule has 0 fully saturated rings. The topological polar surface area (TPSA) is 81.1 Å². The molecule has 0 aliphatic carbocycles. The van der Waals surface area contributed by atoms with Crippen molar-refractivity contribution >= 4 is 21.6 Å². The molecule has 0 unspecified atom stereocenters. The Kier molecular flexibility index (Phi) is 4.55. The maximum Gasteiger partial charge on any atom is 0.229 e. The van der Waals surface area contributed by atoms with Gasteiger partial charge in [0.2, 0.25) is 5.91 Å². The predicted molar refractivity (Wildman–Crippen MR) is 108 cm³/mol. The van der Waals surface area contributed by atoms with Gasteiger partial charge in [0.05, 0.1) is 29.3 Å². The number of hydrogen-bond donors (Lipinski definition) is 1. The first kappa shape index (κ1) is 18.4. The van der Waals surface area contributed by atoms with E-state index in [4.69, 9.17) is 0 Å². The SMILES string of the molecule is Cc1ccc(-n2nc3c(c2NC(=O)Cc2ccccc2)CS(=O)(=O)C3)cc1C. The summed E-state index contributed by atoms with van der Waals surface area (Å²) in [5.41, 5.74) is 5.03. The van der Waals surface area contributed by atoms with E-state index in [2.05, 4.69) is 10.4 Å². The number of carbonyl (C=O) groups excluding carboxylic acids is 1. The number of benzene rings is 2. The Morgan fingerprint density at radius 2 is 1.82 bits per heavy atom. The summed E-state index contributed by atoms with van der Waals surface area (Å²) in [5.74, 6) is 0.0408. The van der Waals surface area contributed by atoms with Gasteiger partial charge < -0.3 is 5.32 Å². The highest BCUT2D eigenvalue weighted by molar-refractivity contribution is 7.90. The fourth-order valence-corrected chi connectivity index (χ4v) is 4.87. The van der Waals surface area contributed by atoms with Gasteiger partial charge in [0.15, 0.2) is 9.84 Å². The molecule has 4 rings (SSSR count). The second kappa shape index (κ2) is 6.91. The molecule has 1 N–H and O–H groups in total. The van der Waals surface area contributed by atoms with Crippen molar-refractivity contribution in [3.63, 3.8) is 0 Å². The van der Waals surface area contributed by atoms with Gasteiger partial charge in [0.25, 0.3) is 0 Å². The van der Waals surface area contributed by atoms with Crippen LogP contribution in [0.5, 0.6) is 0 Å². The van der Waals surface area contributed by atoms with E-state index in [0.29, 0.717) is 17.1 Å². The maximum absolute atomic E-state index is 12.6. The average molecular weight is 395 g/mol. The number of amides is 1. The monoisotopic (exact) mass is 395 g/mol. The first-order chi connectivity index (χ1) is 13.3. The summed E-state index contributed by atoms with van der Waals surface area (Å²) in [6.07, 6.45) is 0.209. The van der Waals surface area contributed by atoms with Gasteiger partial charge in [-0.05, 0) is 42.7 Å². The molecule has 0 saturated heterocycles. The Labute approximate surface area is 164 Å². The van der Waals surface area contributed by atoms with Crippen molar-refractivity contribution in [3.05, 3.63) is 76.5 Å². The fraction of sp³-hybridized carbons (Fsp3) is 0.238. The summed E-state index contributed by atoms with van der Waals surface area (Å²) < 4.78 is 25.8. The summed E-state index contributed by atoms with van der Waals surface area (Å²) >= 11 is 0. The minimum atomic E-state index is -3.22. The molecule has 1 aliphatic rings. The van der Waals surface area contributed by atoms with Crippen molar-refractivity contribution in [1.29, 1.82) is 0 Å². The summed E-state index contributed by atoms with van der Waals surface area (Å²) in [6.45, 7) is 4.03. The summed E-state index contributed by atoms with van der Waals surface area (Å²) in [4.78, 5) is 12.6. The van der Waals surface area contributed by atoms with Crippen LogP contribution in [0.4, 0.5) is 5.82 Å². The highest BCUT2D eigenvalue weighted by Gasteiger charge is 2.33. The lowest BCUT2D eigenvalue weighted by Crippen LogP contribution is -2.18. The van der Waals surface area contributed by atoms with Crippen LogP contribution in [0.25, 0.3) is 5.69 Å². The molecule has 3 aromatic rings. The second-order valence-corrected chi connectivity index (χ2v) is 9.26. The average Bonchev–Trinajstić information content (AvgIpc) is 3.11. The first-order valence-corrected chi connectivity index (χ1v) is 10.9. The van der Waals surface area contributed by atoms with E-state index in [1.807, 2.05) is 62.4 Å². The van der Waals surface area contributed by atoms with Crippen molar-refractivity contribution in [1.82, 2.24) is 9.78 Å². The second-order valence-electron chi connectivity index (χ2n) is 7.20. The molecule has 1 aliphatic heterocycles. The molecular weight excluding hydrogens is 374 g/mol. The molecule has 0 bridgehead atoms. The zero-order valence-corrected chi connectivity index (χ0v) is 16.6. The minimum absolute atomic E-state index is 0.0955. The lowest BCUT2D eigenvalue weighted by molar-refractivity contribution is -0.115. The first-order valence-electron chi connectivity index (χ1n) is 9.05. The number of fused-ring (bicyclic) bond motifs is 1. The highest BCUT2D eigenvalue weighted by atomic mass is 32.2. The number of nitrogens with one attached hydrogen (secondary N) is 1. The normalized spacial score (nSPS) is 14.6. The molecule has 0 atom stereocenters. The molecule has 1 aromatic heterocycles. The molecule has 0 radical (unpaired) electrons. The van der Waals surface area contributed by atoms with Gasteiger partial charge in [-0.3, -0.25) is 4.79 Å². The number of rotatable bonds is 4. The Balaban J connectivity index is 1.72. The molecule has 0 spiro atoms. The number of hydrogen-bond acceptors (Lipinski definition) is 4. The quantitative estimate of drug-likeness (QED) is 0.736. The van der Waals surface area contributed by atoms with Gasteiger partial charge in [-0.2, -0.15) is 5.10 Å². The van der Waals surface area contributed by atoms with Gasteiger partial charge in [-0.1, -0.05) is 36.4 Å². The lowest BCUT2D eigenvalue weighted by atomic mass is 10.1.